The van der Waals surface area contributed by atoms with Crippen molar-refractivity contribution in [2.75, 3.05) is 32.7 Å². The highest BCUT2D eigenvalue weighted by Gasteiger charge is 2.22. The molecule has 0 spiro atoms. The maximum atomic E-state index is 10.6. The van der Waals surface area contributed by atoms with E-state index in [0.29, 0.717) is 5.92 Å². The molecule has 94 valence electrons. The Morgan fingerprint density at radius 3 is 2.19 bits per heavy atom. The van der Waals surface area contributed by atoms with Crippen molar-refractivity contribution in [2.24, 2.45) is 5.92 Å². The van der Waals surface area contributed by atoms with Crippen molar-refractivity contribution in [1.82, 2.24) is 9.80 Å². The first-order chi connectivity index (χ1) is 7.49. The van der Waals surface area contributed by atoms with Gasteiger partial charge in [0.2, 0.25) is 0 Å². The largest absolute Gasteiger partial charge is 0.481 e. The van der Waals surface area contributed by atoms with E-state index in [1.54, 1.807) is 0 Å². The topological polar surface area (TPSA) is 43.8 Å². The lowest BCUT2D eigenvalue weighted by Crippen LogP contribution is -2.50. The number of hydrogen-bond donors (Lipinski definition) is 1. The Morgan fingerprint density at radius 1 is 1.19 bits per heavy atom. The van der Waals surface area contributed by atoms with Gasteiger partial charge in [-0.25, -0.2) is 0 Å². The van der Waals surface area contributed by atoms with Crippen LogP contribution in [0.5, 0.6) is 0 Å². The van der Waals surface area contributed by atoms with E-state index in [0.717, 1.165) is 32.7 Å². The third-order valence-electron chi connectivity index (χ3n) is 3.12. The van der Waals surface area contributed by atoms with Crippen LogP contribution in [0.1, 0.15) is 27.2 Å². The van der Waals surface area contributed by atoms with Gasteiger partial charge in [-0.05, 0) is 12.8 Å². The number of carbonyl (C=O) groups is 1. The molecule has 0 saturated carbocycles. The maximum absolute atomic E-state index is 10.6. The Balaban J connectivity index is 2.28. The van der Waals surface area contributed by atoms with Gasteiger partial charge in [-0.2, -0.15) is 0 Å². The maximum Gasteiger partial charge on any atom is 0.304 e. The fraction of sp³-hybridized carbons (Fsp3) is 0.917. The molecule has 1 rings (SSSR count). The number of aliphatic carboxylic acids is 1. The molecule has 16 heavy (non-hydrogen) atoms. The molecule has 0 aromatic heterocycles. The summed E-state index contributed by atoms with van der Waals surface area (Å²) < 4.78 is 0. The van der Waals surface area contributed by atoms with Crippen LogP contribution in [-0.4, -0.2) is 59.6 Å². The number of carboxylic acid groups (broad SMARTS) is 1. The van der Waals surface area contributed by atoms with E-state index >= 15 is 0 Å². The molecule has 0 radical (unpaired) electrons. The molecule has 0 aromatic rings. The number of hydrogen-bond acceptors (Lipinski definition) is 3. The van der Waals surface area contributed by atoms with Crippen LogP contribution < -0.4 is 0 Å². The first-order valence-corrected chi connectivity index (χ1v) is 6.17. The van der Waals surface area contributed by atoms with Crippen LogP contribution in [0.25, 0.3) is 0 Å². The molecule has 0 aromatic carbocycles. The fourth-order valence-corrected chi connectivity index (χ4v) is 2.28. The van der Waals surface area contributed by atoms with Crippen LogP contribution in [-0.2, 0) is 4.79 Å². The minimum atomic E-state index is -0.697. The number of carboxylic acids is 1. The molecule has 0 bridgehead atoms. The third kappa shape index (κ3) is 4.49. The average molecular weight is 228 g/mol. The second-order valence-corrected chi connectivity index (χ2v) is 5.18. The molecule has 4 heteroatoms. The Morgan fingerprint density at radius 2 is 1.75 bits per heavy atom. The van der Waals surface area contributed by atoms with Crippen LogP contribution in [0, 0.1) is 5.92 Å². The monoisotopic (exact) mass is 228 g/mol. The van der Waals surface area contributed by atoms with E-state index in [1.165, 1.54) is 0 Å². The van der Waals surface area contributed by atoms with Crippen LogP contribution >= 0.6 is 0 Å². The van der Waals surface area contributed by atoms with Gasteiger partial charge in [0.25, 0.3) is 0 Å². The Labute approximate surface area is 98.2 Å². The standard InChI is InChI=1S/C12H24N2O2/c1-10(2)9-13-4-6-14(7-5-13)11(3)8-12(15)16/h10-11H,4-9H2,1-3H3,(H,15,16). The molecule has 1 fully saturated rings. The first kappa shape index (κ1) is 13.5. The highest BCUT2D eigenvalue weighted by Crippen LogP contribution is 2.10. The zero-order valence-corrected chi connectivity index (χ0v) is 10.6. The van der Waals surface area contributed by atoms with E-state index < -0.39 is 5.97 Å². The van der Waals surface area contributed by atoms with E-state index in [1.807, 2.05) is 6.92 Å². The molecule has 1 heterocycles. The predicted molar refractivity (Wildman–Crippen MR) is 64.6 cm³/mol. The number of nitrogens with zero attached hydrogens (tertiary/aromatic N) is 2. The summed E-state index contributed by atoms with van der Waals surface area (Å²) in [7, 11) is 0. The summed E-state index contributed by atoms with van der Waals surface area (Å²) in [5.41, 5.74) is 0. The van der Waals surface area contributed by atoms with Crippen LogP contribution in [0.15, 0.2) is 0 Å². The molecule has 1 aliphatic heterocycles. The van der Waals surface area contributed by atoms with Crippen molar-refractivity contribution < 1.29 is 9.90 Å². The van der Waals surface area contributed by atoms with Gasteiger partial charge in [-0.15, -0.1) is 0 Å². The molecule has 1 atom stereocenters. The molecule has 4 nitrogen and oxygen atoms in total. The molecule has 1 N–H and O–H groups in total. The quantitative estimate of drug-likeness (QED) is 0.766. The second-order valence-electron chi connectivity index (χ2n) is 5.18. The molecule has 1 saturated heterocycles. The van der Waals surface area contributed by atoms with Gasteiger partial charge < -0.3 is 10.0 Å². The third-order valence-corrected chi connectivity index (χ3v) is 3.12. The van der Waals surface area contributed by atoms with Crippen molar-refractivity contribution in [3.05, 3.63) is 0 Å². The van der Waals surface area contributed by atoms with Crippen LogP contribution in [0.4, 0.5) is 0 Å². The van der Waals surface area contributed by atoms with Crippen LogP contribution in [0.3, 0.4) is 0 Å². The van der Waals surface area contributed by atoms with Gasteiger partial charge in [-0.1, -0.05) is 13.8 Å². The molecule has 0 amide bonds. The zero-order chi connectivity index (χ0) is 12.1. The molecule has 0 aliphatic carbocycles. The highest BCUT2D eigenvalue weighted by atomic mass is 16.4. The number of rotatable bonds is 5. The van der Waals surface area contributed by atoms with E-state index in [2.05, 4.69) is 23.6 Å². The van der Waals surface area contributed by atoms with Crippen molar-refractivity contribution in [3.63, 3.8) is 0 Å². The lowest BCUT2D eigenvalue weighted by molar-refractivity contribution is -0.138. The van der Waals surface area contributed by atoms with Crippen molar-refractivity contribution in [1.29, 1.82) is 0 Å². The summed E-state index contributed by atoms with van der Waals surface area (Å²) in [6.07, 6.45) is 0.254. The normalized spacial score (nSPS) is 21.2. The van der Waals surface area contributed by atoms with Gasteiger partial charge in [0.1, 0.15) is 0 Å². The van der Waals surface area contributed by atoms with Crippen LogP contribution in [0.2, 0.25) is 0 Å². The summed E-state index contributed by atoms with van der Waals surface area (Å²) in [6.45, 7) is 11.8. The minimum absolute atomic E-state index is 0.165. The van der Waals surface area contributed by atoms with E-state index in [-0.39, 0.29) is 12.5 Å². The van der Waals surface area contributed by atoms with Gasteiger partial charge >= 0.3 is 5.97 Å². The first-order valence-electron chi connectivity index (χ1n) is 6.17. The lowest BCUT2D eigenvalue weighted by atomic mass is 10.1. The van der Waals surface area contributed by atoms with Crippen molar-refractivity contribution in [2.45, 2.75) is 33.2 Å². The highest BCUT2D eigenvalue weighted by molar-refractivity contribution is 5.67. The van der Waals surface area contributed by atoms with Gasteiger partial charge in [0, 0.05) is 38.8 Å². The molecular weight excluding hydrogens is 204 g/mol. The zero-order valence-electron chi connectivity index (χ0n) is 10.6. The number of piperazine rings is 1. The predicted octanol–water partition coefficient (Wildman–Crippen LogP) is 1.12. The molecular formula is C12H24N2O2. The van der Waals surface area contributed by atoms with E-state index in [4.69, 9.17) is 5.11 Å². The second kappa shape index (κ2) is 6.21. The average Bonchev–Trinajstić information content (AvgIpc) is 2.16. The van der Waals surface area contributed by atoms with Crippen molar-refractivity contribution in [3.8, 4) is 0 Å². The Bertz CT molecular complexity index is 223. The summed E-state index contributed by atoms with van der Waals surface area (Å²) in [5, 5.41) is 8.75. The Kier molecular flexibility index (Phi) is 5.22. The minimum Gasteiger partial charge on any atom is -0.481 e. The summed E-state index contributed by atoms with van der Waals surface area (Å²) in [5.74, 6) is 0.0140. The fourth-order valence-electron chi connectivity index (χ4n) is 2.28. The lowest BCUT2D eigenvalue weighted by Gasteiger charge is -2.38. The van der Waals surface area contributed by atoms with Gasteiger partial charge in [-0.3, -0.25) is 9.69 Å². The summed E-state index contributed by atoms with van der Waals surface area (Å²) >= 11 is 0. The molecule has 1 aliphatic rings. The molecule has 1 unspecified atom stereocenters. The van der Waals surface area contributed by atoms with E-state index in [9.17, 15) is 4.79 Å². The smallest absolute Gasteiger partial charge is 0.304 e. The van der Waals surface area contributed by atoms with Gasteiger partial charge in [0.05, 0.1) is 6.42 Å². The van der Waals surface area contributed by atoms with Crippen molar-refractivity contribution >= 4 is 5.97 Å². The van der Waals surface area contributed by atoms with Gasteiger partial charge in [0.15, 0.2) is 0 Å². The Hall–Kier alpha value is -0.610. The summed E-state index contributed by atoms with van der Waals surface area (Å²) in [4.78, 5) is 15.4. The summed E-state index contributed by atoms with van der Waals surface area (Å²) in [6, 6.07) is 0.165. The SMILES string of the molecule is CC(C)CN1CCN(C(C)CC(=O)O)CC1.